The van der Waals surface area contributed by atoms with Gasteiger partial charge in [-0.05, 0) is 30.2 Å². The van der Waals surface area contributed by atoms with Gasteiger partial charge in [0, 0.05) is 6.54 Å². The highest BCUT2D eigenvalue weighted by Gasteiger charge is 2.35. The fraction of sp³-hybridized carbons (Fsp3) is 0.538. The minimum absolute atomic E-state index is 0.232. The standard InChI is InChI=1S/C13H16F5NO/c1-8(2)6-19-7-9-3-4-11(20-12(14)15)10(5-9)13(16,17)18/h3-5,8,12,19H,6-7H2,1-2H3. The van der Waals surface area contributed by atoms with Crippen LogP contribution in [0.4, 0.5) is 22.0 Å². The summed E-state index contributed by atoms with van der Waals surface area (Å²) in [6.45, 7) is 1.52. The lowest BCUT2D eigenvalue weighted by Gasteiger charge is -2.15. The first kappa shape index (κ1) is 16.7. The summed E-state index contributed by atoms with van der Waals surface area (Å²) < 4.78 is 66.4. The minimum atomic E-state index is -4.74. The second kappa shape index (κ2) is 6.88. The molecule has 1 aromatic rings. The maximum Gasteiger partial charge on any atom is 0.419 e. The summed E-state index contributed by atoms with van der Waals surface area (Å²) in [7, 11) is 0. The largest absolute Gasteiger partial charge is 0.434 e. The molecular formula is C13H16F5NO. The van der Waals surface area contributed by atoms with Gasteiger partial charge in [0.25, 0.3) is 0 Å². The van der Waals surface area contributed by atoms with Gasteiger partial charge in [0.2, 0.25) is 0 Å². The van der Waals surface area contributed by atoms with Gasteiger partial charge in [0.1, 0.15) is 5.75 Å². The van der Waals surface area contributed by atoms with Crippen LogP contribution in [-0.4, -0.2) is 13.2 Å². The van der Waals surface area contributed by atoms with Gasteiger partial charge in [-0.2, -0.15) is 22.0 Å². The lowest BCUT2D eigenvalue weighted by atomic mass is 10.1. The molecule has 0 aromatic heterocycles. The third-order valence-corrected chi connectivity index (χ3v) is 2.45. The van der Waals surface area contributed by atoms with Gasteiger partial charge >= 0.3 is 12.8 Å². The lowest BCUT2D eigenvalue weighted by molar-refractivity contribution is -0.141. The highest BCUT2D eigenvalue weighted by atomic mass is 19.4. The molecule has 0 aliphatic rings. The van der Waals surface area contributed by atoms with Crippen molar-refractivity contribution in [1.29, 1.82) is 0 Å². The summed E-state index contributed by atoms with van der Waals surface area (Å²) in [5.74, 6) is -0.501. The Bertz CT molecular complexity index is 431. The number of halogens is 5. The number of alkyl halides is 5. The average Bonchev–Trinajstić information content (AvgIpc) is 2.28. The molecule has 20 heavy (non-hydrogen) atoms. The van der Waals surface area contributed by atoms with Crippen LogP contribution in [0.2, 0.25) is 0 Å². The van der Waals surface area contributed by atoms with Crippen molar-refractivity contribution in [3.63, 3.8) is 0 Å². The molecule has 1 rings (SSSR count). The van der Waals surface area contributed by atoms with Gasteiger partial charge in [-0.15, -0.1) is 0 Å². The molecule has 1 aromatic carbocycles. The maximum absolute atomic E-state index is 12.8. The number of ether oxygens (including phenoxy) is 1. The highest BCUT2D eigenvalue weighted by Crippen LogP contribution is 2.37. The summed E-state index contributed by atoms with van der Waals surface area (Å²) >= 11 is 0. The van der Waals surface area contributed by atoms with E-state index >= 15 is 0 Å². The lowest BCUT2D eigenvalue weighted by Crippen LogP contribution is -2.19. The molecule has 0 aliphatic carbocycles. The molecule has 0 fully saturated rings. The average molecular weight is 297 g/mol. The zero-order chi connectivity index (χ0) is 15.3. The third-order valence-electron chi connectivity index (χ3n) is 2.45. The van der Waals surface area contributed by atoms with Crippen molar-refractivity contribution in [3.05, 3.63) is 29.3 Å². The predicted octanol–water partition coefficient (Wildman–Crippen LogP) is 4.05. The van der Waals surface area contributed by atoms with Crippen LogP contribution in [-0.2, 0) is 12.7 Å². The number of nitrogens with one attached hydrogen (secondary N) is 1. The van der Waals surface area contributed by atoms with Crippen LogP contribution < -0.4 is 10.1 Å². The van der Waals surface area contributed by atoms with Crippen molar-refractivity contribution >= 4 is 0 Å². The molecule has 0 radical (unpaired) electrons. The van der Waals surface area contributed by atoms with E-state index in [0.717, 1.165) is 12.1 Å². The van der Waals surface area contributed by atoms with E-state index < -0.39 is 24.1 Å². The topological polar surface area (TPSA) is 21.3 Å². The molecule has 114 valence electrons. The predicted molar refractivity (Wildman–Crippen MR) is 64.6 cm³/mol. The maximum atomic E-state index is 12.8. The van der Waals surface area contributed by atoms with Crippen LogP contribution in [0.3, 0.4) is 0 Å². The molecule has 0 bridgehead atoms. The van der Waals surface area contributed by atoms with E-state index in [-0.39, 0.29) is 6.54 Å². The van der Waals surface area contributed by atoms with Gasteiger partial charge in [0.15, 0.2) is 0 Å². The van der Waals surface area contributed by atoms with Crippen LogP contribution in [0.15, 0.2) is 18.2 Å². The molecule has 0 saturated carbocycles. The molecule has 7 heteroatoms. The highest BCUT2D eigenvalue weighted by molar-refractivity contribution is 5.39. The van der Waals surface area contributed by atoms with E-state index in [2.05, 4.69) is 10.1 Å². The molecule has 0 saturated heterocycles. The summed E-state index contributed by atoms with van der Waals surface area (Å²) in [4.78, 5) is 0. The molecule has 1 N–H and O–H groups in total. The number of rotatable bonds is 6. The summed E-state index contributed by atoms with van der Waals surface area (Å²) in [5, 5.41) is 2.98. The van der Waals surface area contributed by atoms with Crippen molar-refractivity contribution in [2.45, 2.75) is 33.2 Å². The smallest absolute Gasteiger partial charge is 0.419 e. The van der Waals surface area contributed by atoms with Crippen LogP contribution in [0, 0.1) is 5.92 Å². The SMILES string of the molecule is CC(C)CNCc1ccc(OC(F)F)c(C(F)(F)F)c1. The summed E-state index contributed by atoms with van der Waals surface area (Å²) in [5.41, 5.74) is -0.832. The van der Waals surface area contributed by atoms with E-state index in [4.69, 9.17) is 0 Å². The third kappa shape index (κ3) is 5.32. The molecule has 0 aliphatic heterocycles. The Hall–Kier alpha value is -1.37. The molecule has 2 nitrogen and oxygen atoms in total. The molecule has 0 atom stereocenters. The Kier molecular flexibility index (Phi) is 5.74. The molecular weight excluding hydrogens is 281 g/mol. The fourth-order valence-electron chi connectivity index (χ4n) is 1.61. The van der Waals surface area contributed by atoms with Gasteiger partial charge < -0.3 is 10.1 Å². The monoisotopic (exact) mass is 297 g/mol. The van der Waals surface area contributed by atoms with Crippen molar-refractivity contribution in [2.75, 3.05) is 6.54 Å². The van der Waals surface area contributed by atoms with Gasteiger partial charge in [-0.25, -0.2) is 0 Å². The van der Waals surface area contributed by atoms with Crippen molar-refractivity contribution in [2.24, 2.45) is 5.92 Å². The Morgan fingerprint density at radius 3 is 2.35 bits per heavy atom. The Morgan fingerprint density at radius 1 is 1.20 bits per heavy atom. The first-order valence-electron chi connectivity index (χ1n) is 6.05. The number of benzene rings is 1. The van der Waals surface area contributed by atoms with E-state index in [0.29, 0.717) is 18.0 Å². The number of hydrogen-bond acceptors (Lipinski definition) is 2. The molecule has 0 spiro atoms. The molecule has 0 heterocycles. The quantitative estimate of drug-likeness (QED) is 0.800. The van der Waals surface area contributed by atoms with Crippen molar-refractivity contribution < 1.29 is 26.7 Å². The Morgan fingerprint density at radius 2 is 1.85 bits per heavy atom. The normalized spacial score (nSPS) is 12.2. The van der Waals surface area contributed by atoms with Crippen LogP contribution in [0.5, 0.6) is 5.75 Å². The zero-order valence-electron chi connectivity index (χ0n) is 11.1. The van der Waals surface area contributed by atoms with E-state index in [1.807, 2.05) is 13.8 Å². The Balaban J connectivity index is 2.90. The molecule has 0 amide bonds. The Labute approximate surface area is 113 Å². The first-order valence-corrected chi connectivity index (χ1v) is 6.05. The second-order valence-electron chi connectivity index (χ2n) is 4.73. The van der Waals surface area contributed by atoms with E-state index in [9.17, 15) is 22.0 Å². The summed E-state index contributed by atoms with van der Waals surface area (Å²) in [6.07, 6.45) is -4.74. The zero-order valence-corrected chi connectivity index (χ0v) is 11.1. The van der Waals surface area contributed by atoms with Crippen LogP contribution in [0.1, 0.15) is 25.0 Å². The minimum Gasteiger partial charge on any atom is -0.434 e. The van der Waals surface area contributed by atoms with E-state index in [1.165, 1.54) is 6.07 Å². The molecule has 0 unspecified atom stereocenters. The number of hydrogen-bond donors (Lipinski definition) is 1. The van der Waals surface area contributed by atoms with E-state index in [1.54, 1.807) is 0 Å². The van der Waals surface area contributed by atoms with Crippen molar-refractivity contribution in [1.82, 2.24) is 5.32 Å². The fourth-order valence-corrected chi connectivity index (χ4v) is 1.61. The van der Waals surface area contributed by atoms with Crippen LogP contribution in [0.25, 0.3) is 0 Å². The van der Waals surface area contributed by atoms with Crippen molar-refractivity contribution in [3.8, 4) is 5.75 Å². The van der Waals surface area contributed by atoms with Gasteiger partial charge in [0.05, 0.1) is 5.56 Å². The van der Waals surface area contributed by atoms with Gasteiger partial charge in [-0.1, -0.05) is 19.9 Å². The van der Waals surface area contributed by atoms with Gasteiger partial charge in [-0.3, -0.25) is 0 Å². The van der Waals surface area contributed by atoms with Crippen LogP contribution >= 0.6 is 0 Å². The summed E-state index contributed by atoms with van der Waals surface area (Å²) in [6, 6.07) is 3.08. The first-order chi connectivity index (χ1) is 9.20. The second-order valence-corrected chi connectivity index (χ2v) is 4.73.